The number of fused-ring (bicyclic) bond motifs is 1. The summed E-state index contributed by atoms with van der Waals surface area (Å²) in [6.07, 6.45) is -2.65. The number of likely N-dealkylation sites (tertiary alicyclic amines) is 1. The number of halogens is 4. The van der Waals surface area contributed by atoms with E-state index in [9.17, 15) is 13.2 Å². The Morgan fingerprint density at radius 2 is 1.83 bits per heavy atom. The van der Waals surface area contributed by atoms with Crippen LogP contribution in [0.25, 0.3) is 0 Å². The van der Waals surface area contributed by atoms with Gasteiger partial charge in [0.2, 0.25) is 0 Å². The van der Waals surface area contributed by atoms with Crippen molar-refractivity contribution in [3.8, 4) is 11.5 Å². The standard InChI is InChI=1S/C20H29F3N4O2.HI/c1-4-24-19(25-16-6-7-26(12-16)13-20(21,22)23)27-8-5-14-9-17(28-2)18(29-3)10-15(14)11-27;/h9-10,16H,4-8,11-13H2,1-3H3,(H,24,25);1H. The fraction of sp³-hybridized carbons (Fsp3) is 0.650. The molecule has 170 valence electrons. The highest BCUT2D eigenvalue weighted by Gasteiger charge is 2.35. The van der Waals surface area contributed by atoms with Crippen LogP contribution in [-0.4, -0.2) is 74.9 Å². The van der Waals surface area contributed by atoms with Gasteiger partial charge < -0.3 is 19.7 Å². The van der Waals surface area contributed by atoms with E-state index in [1.807, 2.05) is 19.1 Å². The number of alkyl halides is 3. The third kappa shape index (κ3) is 6.29. The predicted molar refractivity (Wildman–Crippen MR) is 121 cm³/mol. The van der Waals surface area contributed by atoms with Gasteiger partial charge >= 0.3 is 6.18 Å². The molecular formula is C20H30F3IN4O2. The van der Waals surface area contributed by atoms with Crippen molar-refractivity contribution in [3.05, 3.63) is 23.3 Å². The van der Waals surface area contributed by atoms with E-state index in [0.717, 1.165) is 30.2 Å². The zero-order valence-corrected chi connectivity index (χ0v) is 19.9. The Bertz CT molecular complexity index is 745. The van der Waals surface area contributed by atoms with Crippen LogP contribution in [-0.2, 0) is 13.0 Å². The smallest absolute Gasteiger partial charge is 0.401 e. The van der Waals surface area contributed by atoms with Crippen LogP contribution in [0, 0.1) is 0 Å². The fourth-order valence-corrected chi connectivity index (χ4v) is 3.98. The largest absolute Gasteiger partial charge is 0.493 e. The van der Waals surface area contributed by atoms with E-state index in [4.69, 9.17) is 9.47 Å². The summed E-state index contributed by atoms with van der Waals surface area (Å²) in [6.45, 7) is 3.97. The molecule has 0 saturated carbocycles. The Balaban J connectivity index is 0.00000320. The van der Waals surface area contributed by atoms with Crippen molar-refractivity contribution >= 4 is 29.9 Å². The molecular weight excluding hydrogens is 512 g/mol. The zero-order valence-electron chi connectivity index (χ0n) is 17.6. The number of guanidine groups is 1. The van der Waals surface area contributed by atoms with Crippen molar-refractivity contribution in [2.24, 2.45) is 4.99 Å². The molecule has 2 aliphatic rings. The molecule has 1 unspecified atom stereocenters. The minimum Gasteiger partial charge on any atom is -0.493 e. The van der Waals surface area contributed by atoms with Gasteiger partial charge in [0.05, 0.1) is 20.8 Å². The highest BCUT2D eigenvalue weighted by atomic mass is 127. The normalized spacial score (nSPS) is 19.9. The number of nitrogens with one attached hydrogen (secondary N) is 1. The van der Waals surface area contributed by atoms with Gasteiger partial charge in [0, 0.05) is 38.8 Å². The minimum absolute atomic E-state index is 0. The van der Waals surface area contributed by atoms with E-state index >= 15 is 0 Å². The van der Waals surface area contributed by atoms with Crippen molar-refractivity contribution in [1.82, 2.24) is 15.1 Å². The molecule has 0 aliphatic carbocycles. The first-order chi connectivity index (χ1) is 13.8. The molecule has 1 N–H and O–H groups in total. The van der Waals surface area contributed by atoms with E-state index in [2.05, 4.69) is 15.2 Å². The molecule has 1 aromatic carbocycles. The maximum absolute atomic E-state index is 12.7. The molecule has 1 fully saturated rings. The van der Waals surface area contributed by atoms with Gasteiger partial charge in [-0.3, -0.25) is 9.89 Å². The lowest BCUT2D eigenvalue weighted by molar-refractivity contribution is -0.143. The summed E-state index contributed by atoms with van der Waals surface area (Å²) in [6, 6.07) is 3.97. The minimum atomic E-state index is -4.16. The van der Waals surface area contributed by atoms with Gasteiger partial charge in [-0.1, -0.05) is 0 Å². The van der Waals surface area contributed by atoms with Crippen LogP contribution in [0.3, 0.4) is 0 Å². The van der Waals surface area contributed by atoms with Gasteiger partial charge in [0.15, 0.2) is 17.5 Å². The molecule has 1 atom stereocenters. The summed E-state index contributed by atoms with van der Waals surface area (Å²) >= 11 is 0. The Morgan fingerprint density at radius 1 is 1.17 bits per heavy atom. The highest BCUT2D eigenvalue weighted by molar-refractivity contribution is 14.0. The predicted octanol–water partition coefficient (Wildman–Crippen LogP) is 3.28. The molecule has 2 heterocycles. The topological polar surface area (TPSA) is 49.3 Å². The molecule has 2 aliphatic heterocycles. The van der Waals surface area contributed by atoms with E-state index in [1.54, 1.807) is 14.2 Å². The van der Waals surface area contributed by atoms with Gasteiger partial charge in [-0.2, -0.15) is 13.2 Å². The molecule has 1 aromatic rings. The van der Waals surface area contributed by atoms with Gasteiger partial charge in [-0.05, 0) is 43.0 Å². The first-order valence-corrected chi connectivity index (χ1v) is 9.91. The van der Waals surface area contributed by atoms with E-state index in [-0.39, 0.29) is 30.0 Å². The van der Waals surface area contributed by atoms with Crippen molar-refractivity contribution < 1.29 is 22.6 Å². The van der Waals surface area contributed by atoms with Crippen LogP contribution >= 0.6 is 24.0 Å². The summed E-state index contributed by atoms with van der Waals surface area (Å²) in [5.74, 6) is 2.16. The molecule has 1 saturated heterocycles. The molecule has 3 rings (SSSR count). The van der Waals surface area contributed by atoms with Gasteiger partial charge in [0.1, 0.15) is 0 Å². The quantitative estimate of drug-likeness (QED) is 0.352. The number of rotatable bonds is 5. The molecule has 0 spiro atoms. The molecule has 10 heteroatoms. The van der Waals surface area contributed by atoms with Crippen LogP contribution < -0.4 is 14.8 Å². The van der Waals surface area contributed by atoms with Gasteiger partial charge in [-0.15, -0.1) is 24.0 Å². The average molecular weight is 542 g/mol. The number of hydrogen-bond acceptors (Lipinski definition) is 4. The van der Waals surface area contributed by atoms with Crippen LogP contribution in [0.2, 0.25) is 0 Å². The van der Waals surface area contributed by atoms with Crippen LogP contribution in [0.15, 0.2) is 17.1 Å². The summed E-state index contributed by atoms with van der Waals surface area (Å²) in [7, 11) is 3.24. The highest BCUT2D eigenvalue weighted by Crippen LogP contribution is 2.33. The maximum atomic E-state index is 12.7. The van der Waals surface area contributed by atoms with E-state index in [0.29, 0.717) is 38.3 Å². The number of hydrogen-bond donors (Lipinski definition) is 1. The molecule has 0 bridgehead atoms. The Hall–Kier alpha value is -1.43. The molecule has 0 radical (unpaired) electrons. The molecule has 6 nitrogen and oxygen atoms in total. The second kappa shape index (κ2) is 10.7. The maximum Gasteiger partial charge on any atom is 0.401 e. The summed E-state index contributed by atoms with van der Waals surface area (Å²) < 4.78 is 48.8. The summed E-state index contributed by atoms with van der Waals surface area (Å²) in [5.41, 5.74) is 2.36. The van der Waals surface area contributed by atoms with Crippen LogP contribution in [0.1, 0.15) is 24.5 Å². The third-order valence-corrected chi connectivity index (χ3v) is 5.33. The van der Waals surface area contributed by atoms with Crippen molar-refractivity contribution in [2.75, 3.05) is 46.9 Å². The Labute approximate surface area is 192 Å². The average Bonchev–Trinajstić information content (AvgIpc) is 3.11. The number of aliphatic imine (C=N–C) groups is 1. The van der Waals surface area contributed by atoms with Crippen molar-refractivity contribution in [1.29, 1.82) is 0 Å². The Kier molecular flexibility index (Phi) is 8.89. The number of ether oxygens (including phenoxy) is 2. The van der Waals surface area contributed by atoms with E-state index < -0.39 is 12.7 Å². The zero-order chi connectivity index (χ0) is 21.0. The summed E-state index contributed by atoms with van der Waals surface area (Å²) in [4.78, 5) is 8.20. The lowest BCUT2D eigenvalue weighted by Crippen LogP contribution is -2.49. The van der Waals surface area contributed by atoms with Crippen LogP contribution in [0.5, 0.6) is 11.5 Å². The summed E-state index contributed by atoms with van der Waals surface area (Å²) in [5, 5.41) is 3.40. The Morgan fingerprint density at radius 3 is 2.43 bits per heavy atom. The first-order valence-electron chi connectivity index (χ1n) is 9.91. The fourth-order valence-electron chi connectivity index (χ4n) is 3.98. The molecule has 0 amide bonds. The van der Waals surface area contributed by atoms with Gasteiger partial charge in [0.25, 0.3) is 0 Å². The van der Waals surface area contributed by atoms with Gasteiger partial charge in [-0.25, -0.2) is 0 Å². The first kappa shape index (κ1) is 24.8. The second-order valence-corrected chi connectivity index (χ2v) is 7.43. The lowest BCUT2D eigenvalue weighted by Gasteiger charge is -2.33. The number of nitrogens with zero attached hydrogens (tertiary/aromatic N) is 3. The molecule has 30 heavy (non-hydrogen) atoms. The number of methoxy groups -OCH3 is 2. The second-order valence-electron chi connectivity index (χ2n) is 7.43. The third-order valence-electron chi connectivity index (χ3n) is 5.33. The van der Waals surface area contributed by atoms with Crippen molar-refractivity contribution in [2.45, 2.75) is 38.5 Å². The monoisotopic (exact) mass is 542 g/mol. The van der Waals surface area contributed by atoms with E-state index in [1.165, 1.54) is 10.5 Å². The SMILES string of the molecule is CCN=C(NC1CCN(CC(F)(F)F)C1)N1CCc2cc(OC)c(OC)cc2C1.I. The lowest BCUT2D eigenvalue weighted by atomic mass is 9.99. The molecule has 0 aromatic heterocycles. The van der Waals surface area contributed by atoms with Crippen LogP contribution in [0.4, 0.5) is 13.2 Å². The van der Waals surface area contributed by atoms with Crippen molar-refractivity contribution in [3.63, 3.8) is 0 Å². The number of benzene rings is 1.